The van der Waals surface area contributed by atoms with Crippen LogP contribution in [0.2, 0.25) is 0 Å². The highest BCUT2D eigenvalue weighted by Crippen LogP contribution is 2.07. The Morgan fingerprint density at radius 1 is 1.38 bits per heavy atom. The molecule has 0 spiro atoms. The monoisotopic (exact) mass is 219 g/mol. The average molecular weight is 219 g/mol. The van der Waals surface area contributed by atoms with Crippen molar-refractivity contribution in [1.29, 1.82) is 5.41 Å². The fourth-order valence-corrected chi connectivity index (χ4v) is 1.03. The molecular formula is C12H15N2O2. The van der Waals surface area contributed by atoms with Gasteiger partial charge < -0.3 is 4.74 Å². The summed E-state index contributed by atoms with van der Waals surface area (Å²) in [7, 11) is 0. The minimum Gasteiger partial charge on any atom is -0.444 e. The Morgan fingerprint density at radius 3 is 2.44 bits per heavy atom. The van der Waals surface area contributed by atoms with Gasteiger partial charge in [0.15, 0.2) is 0 Å². The van der Waals surface area contributed by atoms with Crippen molar-refractivity contribution in [1.82, 2.24) is 5.32 Å². The van der Waals surface area contributed by atoms with Crippen LogP contribution in [0.15, 0.2) is 24.3 Å². The molecule has 1 radical (unpaired) electrons. The molecule has 0 unspecified atom stereocenters. The lowest BCUT2D eigenvalue weighted by atomic mass is 10.2. The van der Waals surface area contributed by atoms with E-state index in [-0.39, 0.29) is 5.84 Å². The third-order valence-corrected chi connectivity index (χ3v) is 1.63. The second-order valence-electron chi connectivity index (χ2n) is 4.29. The molecule has 0 saturated carbocycles. The van der Waals surface area contributed by atoms with E-state index in [0.717, 1.165) is 0 Å². The van der Waals surface area contributed by atoms with Gasteiger partial charge in [-0.3, -0.25) is 10.7 Å². The summed E-state index contributed by atoms with van der Waals surface area (Å²) in [4.78, 5) is 11.4. The number of amides is 1. The number of benzene rings is 1. The Balaban J connectivity index is 2.56. The van der Waals surface area contributed by atoms with E-state index in [1.54, 1.807) is 45.0 Å². The van der Waals surface area contributed by atoms with Gasteiger partial charge in [0.2, 0.25) is 0 Å². The lowest BCUT2D eigenvalue weighted by Crippen LogP contribution is -2.36. The van der Waals surface area contributed by atoms with E-state index in [2.05, 4.69) is 11.4 Å². The van der Waals surface area contributed by atoms with Crippen LogP contribution in [-0.2, 0) is 4.74 Å². The number of hydrogen-bond donors (Lipinski definition) is 2. The van der Waals surface area contributed by atoms with Crippen molar-refractivity contribution in [2.24, 2.45) is 0 Å². The molecule has 0 bridgehead atoms. The lowest BCUT2D eigenvalue weighted by Gasteiger charge is -2.19. The first kappa shape index (κ1) is 12.2. The van der Waals surface area contributed by atoms with Gasteiger partial charge in [-0.25, -0.2) is 4.79 Å². The Hall–Kier alpha value is -1.84. The number of ether oxygens (including phenoxy) is 1. The largest absolute Gasteiger partial charge is 0.444 e. The lowest BCUT2D eigenvalue weighted by molar-refractivity contribution is 0.0563. The fourth-order valence-electron chi connectivity index (χ4n) is 1.03. The van der Waals surface area contributed by atoms with Crippen molar-refractivity contribution < 1.29 is 9.53 Å². The molecule has 4 nitrogen and oxygen atoms in total. The van der Waals surface area contributed by atoms with Gasteiger partial charge >= 0.3 is 6.09 Å². The number of hydrogen-bond acceptors (Lipinski definition) is 3. The Labute approximate surface area is 95.1 Å². The number of nitrogens with one attached hydrogen (secondary N) is 2. The molecule has 0 aliphatic carbocycles. The van der Waals surface area contributed by atoms with Gasteiger partial charge in [0.25, 0.3) is 0 Å². The minimum absolute atomic E-state index is 0.0169. The molecule has 0 saturated heterocycles. The zero-order chi connectivity index (χ0) is 12.2. The van der Waals surface area contributed by atoms with Gasteiger partial charge in [0.05, 0.1) is 0 Å². The summed E-state index contributed by atoms with van der Waals surface area (Å²) >= 11 is 0. The second-order valence-corrected chi connectivity index (χ2v) is 4.29. The molecule has 0 aliphatic heterocycles. The van der Waals surface area contributed by atoms with E-state index < -0.39 is 11.7 Å². The topological polar surface area (TPSA) is 62.2 Å². The molecule has 1 rings (SSSR count). The van der Waals surface area contributed by atoms with E-state index in [0.29, 0.717) is 5.56 Å². The molecule has 1 amide bonds. The average Bonchev–Trinajstić information content (AvgIpc) is 2.16. The van der Waals surface area contributed by atoms with Crippen LogP contribution in [0.5, 0.6) is 0 Å². The summed E-state index contributed by atoms with van der Waals surface area (Å²) in [6, 6.07) is 9.59. The highest BCUT2D eigenvalue weighted by Gasteiger charge is 2.17. The van der Waals surface area contributed by atoms with Crippen LogP contribution in [0.4, 0.5) is 4.79 Å². The van der Waals surface area contributed by atoms with Gasteiger partial charge in [-0.15, -0.1) is 0 Å². The smallest absolute Gasteiger partial charge is 0.413 e. The van der Waals surface area contributed by atoms with E-state index in [1.807, 2.05) is 0 Å². The van der Waals surface area contributed by atoms with Crippen LogP contribution in [0.1, 0.15) is 26.3 Å². The van der Waals surface area contributed by atoms with Crippen molar-refractivity contribution in [3.8, 4) is 0 Å². The van der Waals surface area contributed by atoms with Crippen molar-refractivity contribution in [3.63, 3.8) is 0 Å². The predicted molar refractivity (Wildman–Crippen MR) is 61.5 cm³/mol. The molecule has 4 heteroatoms. The molecule has 0 aromatic heterocycles. The van der Waals surface area contributed by atoms with E-state index in [9.17, 15) is 4.79 Å². The zero-order valence-electron chi connectivity index (χ0n) is 9.63. The molecule has 85 valence electrons. The first-order valence-electron chi connectivity index (χ1n) is 4.93. The standard InChI is InChI=1S/C12H15N2O2/c1-12(2,3)16-11(15)14-10(13)9-7-5-4-6-8-9/h5-8H,1-3H3,(H2,13,14,15). The van der Waals surface area contributed by atoms with E-state index in [1.165, 1.54) is 0 Å². The maximum absolute atomic E-state index is 11.4. The van der Waals surface area contributed by atoms with E-state index in [4.69, 9.17) is 10.1 Å². The summed E-state index contributed by atoms with van der Waals surface area (Å²) in [5.41, 5.74) is 0.0547. The number of carbonyl (C=O) groups is 1. The van der Waals surface area contributed by atoms with Gasteiger partial charge in [-0.2, -0.15) is 0 Å². The Bertz CT molecular complexity index is 380. The third-order valence-electron chi connectivity index (χ3n) is 1.63. The maximum Gasteiger partial charge on any atom is 0.413 e. The van der Waals surface area contributed by atoms with Crippen LogP contribution in [-0.4, -0.2) is 17.5 Å². The van der Waals surface area contributed by atoms with Crippen LogP contribution < -0.4 is 5.32 Å². The number of rotatable bonds is 1. The van der Waals surface area contributed by atoms with Crippen molar-refractivity contribution >= 4 is 11.9 Å². The Kier molecular flexibility index (Phi) is 3.66. The number of alkyl carbamates (subject to hydrolysis) is 1. The molecule has 0 aliphatic rings. The van der Waals surface area contributed by atoms with Crippen LogP contribution in [0.3, 0.4) is 0 Å². The molecule has 16 heavy (non-hydrogen) atoms. The first-order chi connectivity index (χ1) is 7.38. The Morgan fingerprint density at radius 2 is 1.94 bits per heavy atom. The number of carbonyl (C=O) groups excluding carboxylic acids is 1. The third kappa shape index (κ3) is 4.13. The van der Waals surface area contributed by atoms with Gasteiger partial charge in [-0.1, -0.05) is 24.3 Å². The zero-order valence-corrected chi connectivity index (χ0v) is 9.63. The molecular weight excluding hydrogens is 204 g/mol. The highest BCUT2D eigenvalue weighted by atomic mass is 16.6. The first-order valence-corrected chi connectivity index (χ1v) is 4.93. The molecule has 0 heterocycles. The summed E-state index contributed by atoms with van der Waals surface area (Å²) < 4.78 is 5.03. The SMILES string of the molecule is CC(C)(C)OC(=O)NC(=N)c1cc[c]cc1. The van der Waals surface area contributed by atoms with Crippen molar-refractivity contribution in [2.75, 3.05) is 0 Å². The van der Waals surface area contributed by atoms with Gasteiger partial charge in [-0.05, 0) is 26.8 Å². The quantitative estimate of drug-likeness (QED) is 0.562. The molecule has 0 atom stereocenters. The highest BCUT2D eigenvalue weighted by molar-refractivity contribution is 6.04. The van der Waals surface area contributed by atoms with E-state index >= 15 is 0 Å². The normalized spacial score (nSPS) is 10.7. The van der Waals surface area contributed by atoms with Crippen LogP contribution >= 0.6 is 0 Å². The summed E-state index contributed by atoms with van der Waals surface area (Å²) in [5, 5.41) is 10.0. The summed E-state index contributed by atoms with van der Waals surface area (Å²) in [6.45, 7) is 5.31. The van der Waals surface area contributed by atoms with Crippen LogP contribution in [0, 0.1) is 11.5 Å². The predicted octanol–water partition coefficient (Wildman–Crippen LogP) is 2.34. The fraction of sp³-hybridized carbons (Fsp3) is 0.333. The molecule has 0 fully saturated rings. The van der Waals surface area contributed by atoms with Crippen molar-refractivity contribution in [2.45, 2.75) is 26.4 Å². The molecule has 1 aromatic carbocycles. The van der Waals surface area contributed by atoms with Crippen molar-refractivity contribution in [3.05, 3.63) is 35.9 Å². The number of amidine groups is 1. The maximum atomic E-state index is 11.4. The van der Waals surface area contributed by atoms with Crippen LogP contribution in [0.25, 0.3) is 0 Å². The van der Waals surface area contributed by atoms with Gasteiger partial charge in [0.1, 0.15) is 11.4 Å². The second kappa shape index (κ2) is 4.79. The summed E-state index contributed by atoms with van der Waals surface area (Å²) in [6.07, 6.45) is -0.620. The summed E-state index contributed by atoms with van der Waals surface area (Å²) in [5.74, 6) is 0.0169. The van der Waals surface area contributed by atoms with Gasteiger partial charge in [0, 0.05) is 5.56 Å². The minimum atomic E-state index is -0.620. The molecule has 1 aromatic rings. The molecule has 2 N–H and O–H groups in total.